The van der Waals surface area contributed by atoms with E-state index in [0.717, 1.165) is 24.0 Å². The zero-order valence-corrected chi connectivity index (χ0v) is 16.3. The summed E-state index contributed by atoms with van der Waals surface area (Å²) in [5.74, 6) is -0.130. The molecule has 0 fully saturated rings. The number of ether oxygens (including phenoxy) is 1. The van der Waals surface area contributed by atoms with Crippen LogP contribution in [0.4, 0.5) is 10.1 Å². The van der Waals surface area contributed by atoms with Crippen molar-refractivity contribution in [3.63, 3.8) is 0 Å². The summed E-state index contributed by atoms with van der Waals surface area (Å²) in [7, 11) is 0. The van der Waals surface area contributed by atoms with Crippen molar-refractivity contribution in [2.75, 3.05) is 18.5 Å². The average Bonchev–Trinajstić information content (AvgIpc) is 2.77. The zero-order chi connectivity index (χ0) is 20.9. The number of carbonyl (C=O) groups excluding carboxylic acids is 2. The predicted octanol–water partition coefficient (Wildman–Crippen LogP) is 4.19. The molecule has 3 aromatic rings. The Bertz CT molecular complexity index is 1080. The first-order valence-electron chi connectivity index (χ1n) is 9.79. The van der Waals surface area contributed by atoms with Crippen molar-refractivity contribution >= 4 is 17.5 Å². The Morgan fingerprint density at radius 1 is 1.07 bits per heavy atom. The van der Waals surface area contributed by atoms with Gasteiger partial charge in [0.15, 0.2) is 6.61 Å². The SMILES string of the molecule is O=C1COc2cc(C(=O)NCCCc3ccc(-c4ccccc4F)cc3)ccc2N1. The first-order valence-corrected chi connectivity index (χ1v) is 9.79. The highest BCUT2D eigenvalue weighted by molar-refractivity contribution is 5.98. The highest BCUT2D eigenvalue weighted by Gasteiger charge is 2.17. The number of aryl methyl sites for hydroxylation is 1. The van der Waals surface area contributed by atoms with Crippen LogP contribution in [0.15, 0.2) is 66.7 Å². The molecule has 0 aliphatic carbocycles. The van der Waals surface area contributed by atoms with E-state index in [4.69, 9.17) is 4.74 Å². The first-order chi connectivity index (χ1) is 14.6. The second-order valence-corrected chi connectivity index (χ2v) is 7.08. The van der Waals surface area contributed by atoms with Gasteiger partial charge in [-0.1, -0.05) is 42.5 Å². The average molecular weight is 404 g/mol. The van der Waals surface area contributed by atoms with Gasteiger partial charge in [0.05, 0.1) is 5.69 Å². The van der Waals surface area contributed by atoms with E-state index in [0.29, 0.717) is 29.1 Å². The van der Waals surface area contributed by atoms with Crippen molar-refractivity contribution in [2.24, 2.45) is 0 Å². The number of nitrogens with one attached hydrogen (secondary N) is 2. The largest absolute Gasteiger partial charge is 0.482 e. The highest BCUT2D eigenvalue weighted by Crippen LogP contribution is 2.28. The number of hydrogen-bond donors (Lipinski definition) is 2. The number of carbonyl (C=O) groups is 2. The number of anilines is 1. The molecule has 5 nitrogen and oxygen atoms in total. The highest BCUT2D eigenvalue weighted by atomic mass is 19.1. The van der Waals surface area contributed by atoms with Gasteiger partial charge in [-0.05, 0) is 48.2 Å². The van der Waals surface area contributed by atoms with Gasteiger partial charge in [-0.3, -0.25) is 9.59 Å². The smallest absolute Gasteiger partial charge is 0.262 e. The molecule has 2 N–H and O–H groups in total. The maximum atomic E-state index is 13.9. The van der Waals surface area contributed by atoms with Crippen LogP contribution in [-0.4, -0.2) is 25.0 Å². The zero-order valence-electron chi connectivity index (χ0n) is 16.3. The lowest BCUT2D eigenvalue weighted by Gasteiger charge is -2.18. The van der Waals surface area contributed by atoms with Crippen LogP contribution in [0.5, 0.6) is 5.75 Å². The van der Waals surface area contributed by atoms with Gasteiger partial charge in [0, 0.05) is 17.7 Å². The molecular weight excluding hydrogens is 383 g/mol. The molecule has 0 unspecified atom stereocenters. The fourth-order valence-electron chi connectivity index (χ4n) is 3.36. The summed E-state index contributed by atoms with van der Waals surface area (Å²) in [4.78, 5) is 23.7. The monoisotopic (exact) mass is 404 g/mol. The lowest BCUT2D eigenvalue weighted by Crippen LogP contribution is -2.27. The third-order valence-corrected chi connectivity index (χ3v) is 4.94. The molecule has 0 atom stereocenters. The summed E-state index contributed by atoms with van der Waals surface area (Å²) >= 11 is 0. The normalized spacial score (nSPS) is 12.5. The number of amides is 2. The van der Waals surface area contributed by atoms with E-state index < -0.39 is 0 Å². The molecule has 2 amide bonds. The van der Waals surface area contributed by atoms with Crippen LogP contribution in [0.3, 0.4) is 0 Å². The lowest BCUT2D eigenvalue weighted by atomic mass is 10.0. The van der Waals surface area contributed by atoms with Crippen LogP contribution in [0.1, 0.15) is 22.3 Å². The van der Waals surface area contributed by atoms with E-state index in [2.05, 4.69) is 10.6 Å². The summed E-state index contributed by atoms with van der Waals surface area (Å²) in [5.41, 5.74) is 3.61. The van der Waals surface area contributed by atoms with E-state index in [1.54, 1.807) is 30.3 Å². The molecule has 152 valence electrons. The second kappa shape index (κ2) is 8.78. The summed E-state index contributed by atoms with van der Waals surface area (Å²) in [5, 5.41) is 5.60. The molecule has 0 radical (unpaired) electrons. The van der Waals surface area contributed by atoms with Crippen molar-refractivity contribution in [1.82, 2.24) is 5.32 Å². The molecule has 4 rings (SSSR count). The van der Waals surface area contributed by atoms with Gasteiger partial charge < -0.3 is 15.4 Å². The van der Waals surface area contributed by atoms with E-state index in [1.807, 2.05) is 30.3 Å². The Morgan fingerprint density at radius 2 is 1.87 bits per heavy atom. The van der Waals surface area contributed by atoms with Gasteiger partial charge in [-0.15, -0.1) is 0 Å². The van der Waals surface area contributed by atoms with Crippen molar-refractivity contribution in [3.05, 3.63) is 83.7 Å². The second-order valence-electron chi connectivity index (χ2n) is 7.08. The van der Waals surface area contributed by atoms with E-state index in [-0.39, 0.29) is 24.2 Å². The van der Waals surface area contributed by atoms with E-state index in [1.165, 1.54) is 6.07 Å². The molecule has 0 saturated carbocycles. The van der Waals surface area contributed by atoms with E-state index in [9.17, 15) is 14.0 Å². The van der Waals surface area contributed by atoms with E-state index >= 15 is 0 Å². The Labute approximate surface area is 173 Å². The molecule has 3 aromatic carbocycles. The Morgan fingerprint density at radius 3 is 2.67 bits per heavy atom. The van der Waals surface area contributed by atoms with Crippen LogP contribution < -0.4 is 15.4 Å². The van der Waals surface area contributed by atoms with Crippen molar-refractivity contribution in [3.8, 4) is 16.9 Å². The van der Waals surface area contributed by atoms with Crippen LogP contribution in [0.2, 0.25) is 0 Å². The first kappa shape index (κ1) is 19.6. The molecule has 0 bridgehead atoms. The Balaban J connectivity index is 1.27. The molecule has 0 spiro atoms. The summed E-state index contributed by atoms with van der Waals surface area (Å²) in [6.07, 6.45) is 1.58. The quantitative estimate of drug-likeness (QED) is 0.606. The predicted molar refractivity (Wildman–Crippen MR) is 113 cm³/mol. The molecular formula is C24H21FN2O3. The summed E-state index contributed by atoms with van der Waals surface area (Å²) < 4.78 is 19.2. The molecule has 0 saturated heterocycles. The van der Waals surface area contributed by atoms with Gasteiger partial charge >= 0.3 is 0 Å². The molecule has 0 aromatic heterocycles. The maximum Gasteiger partial charge on any atom is 0.262 e. The minimum atomic E-state index is -0.233. The molecule has 1 heterocycles. The van der Waals surface area contributed by atoms with Crippen molar-refractivity contribution in [1.29, 1.82) is 0 Å². The Hall–Kier alpha value is -3.67. The van der Waals surface area contributed by atoms with Gasteiger partial charge in [0.25, 0.3) is 11.8 Å². The number of halogens is 1. The molecule has 6 heteroatoms. The lowest BCUT2D eigenvalue weighted by molar-refractivity contribution is -0.118. The van der Waals surface area contributed by atoms with Gasteiger partial charge in [-0.25, -0.2) is 4.39 Å². The molecule has 30 heavy (non-hydrogen) atoms. The van der Waals surface area contributed by atoms with Gasteiger partial charge in [0.1, 0.15) is 11.6 Å². The number of benzene rings is 3. The van der Waals surface area contributed by atoms with Crippen LogP contribution in [-0.2, 0) is 11.2 Å². The number of fused-ring (bicyclic) bond motifs is 1. The van der Waals surface area contributed by atoms with Gasteiger partial charge in [-0.2, -0.15) is 0 Å². The summed E-state index contributed by atoms with van der Waals surface area (Å²) in [6, 6.07) is 19.5. The summed E-state index contributed by atoms with van der Waals surface area (Å²) in [6.45, 7) is 0.482. The van der Waals surface area contributed by atoms with Crippen molar-refractivity contribution < 1.29 is 18.7 Å². The fraction of sp³-hybridized carbons (Fsp3) is 0.167. The topological polar surface area (TPSA) is 67.4 Å². The van der Waals surface area contributed by atoms with Crippen molar-refractivity contribution in [2.45, 2.75) is 12.8 Å². The molecule has 1 aliphatic rings. The number of rotatable bonds is 6. The van der Waals surface area contributed by atoms with Crippen LogP contribution in [0.25, 0.3) is 11.1 Å². The molecule has 1 aliphatic heterocycles. The van der Waals surface area contributed by atoms with Crippen LogP contribution in [0, 0.1) is 5.82 Å². The van der Waals surface area contributed by atoms with Gasteiger partial charge in [0.2, 0.25) is 0 Å². The third-order valence-electron chi connectivity index (χ3n) is 4.94. The minimum absolute atomic E-state index is 0.0478. The Kier molecular flexibility index (Phi) is 5.75. The fourth-order valence-corrected chi connectivity index (χ4v) is 3.36. The standard InChI is InChI=1S/C24H21FN2O3/c25-20-6-2-1-5-19(20)17-9-7-16(8-10-17)4-3-13-26-24(29)18-11-12-21-22(14-18)30-15-23(28)27-21/h1-2,5-12,14H,3-4,13,15H2,(H,26,29)(H,27,28). The minimum Gasteiger partial charge on any atom is -0.482 e. The van der Waals surface area contributed by atoms with Crippen LogP contribution >= 0.6 is 0 Å². The number of hydrogen-bond acceptors (Lipinski definition) is 3. The third kappa shape index (κ3) is 4.49. The maximum absolute atomic E-state index is 13.9.